The minimum atomic E-state index is 0.658. The van der Waals surface area contributed by atoms with E-state index in [1.165, 1.54) is 0 Å². The van der Waals surface area contributed by atoms with Crippen LogP contribution in [0.4, 0.5) is 0 Å². The highest BCUT2D eigenvalue weighted by molar-refractivity contribution is 7.81. The molecule has 1 aromatic rings. The van der Waals surface area contributed by atoms with Gasteiger partial charge in [-0.2, -0.15) is 0 Å². The fraction of sp³-hybridized carbons (Fsp3) is 0.500. The minimum absolute atomic E-state index is 0.658. The van der Waals surface area contributed by atoms with Crippen molar-refractivity contribution in [2.45, 2.75) is 20.3 Å². The maximum atomic E-state index is 5.19. The summed E-state index contributed by atoms with van der Waals surface area (Å²) < 4.78 is 5.16. The molecule has 1 unspecified atom stereocenters. The Morgan fingerprint density at radius 3 is 2.57 bits per heavy atom. The van der Waals surface area contributed by atoms with Crippen LogP contribution in [0.5, 0.6) is 0 Å². The molecule has 4 heteroatoms. The van der Waals surface area contributed by atoms with E-state index in [-0.39, 0.29) is 0 Å². The lowest BCUT2D eigenvalue weighted by molar-refractivity contribution is 0.338. The van der Waals surface area contributed by atoms with Gasteiger partial charge >= 0.3 is 0 Å². The molecule has 0 N–H and O–H groups in total. The molecule has 80 valence electrons. The number of alkyl halides is 1. The van der Waals surface area contributed by atoms with E-state index in [4.69, 9.17) is 28.6 Å². The molecule has 0 spiro atoms. The van der Waals surface area contributed by atoms with Gasteiger partial charge in [-0.25, -0.2) is 0 Å². The van der Waals surface area contributed by atoms with Gasteiger partial charge in [0, 0.05) is 11.2 Å². The van der Waals surface area contributed by atoms with Crippen molar-refractivity contribution >= 4 is 37.1 Å². The molecule has 1 nitrogen and oxygen atoms in total. The maximum absolute atomic E-state index is 5.19. The molecule has 14 heavy (non-hydrogen) atoms. The fourth-order valence-corrected chi connectivity index (χ4v) is 1.78. The van der Waals surface area contributed by atoms with Gasteiger partial charge in [0.1, 0.15) is 0 Å². The molecule has 1 atom stereocenters. The lowest BCUT2D eigenvalue weighted by Crippen LogP contribution is -1.99. The summed E-state index contributed by atoms with van der Waals surface area (Å²) in [6.07, 6.45) is 1.08. The van der Waals surface area contributed by atoms with Crippen molar-refractivity contribution in [3.63, 3.8) is 0 Å². The SMILES string of the molecule is CCCCl.CCOC(=S)c1ccc[pH]1. The summed E-state index contributed by atoms with van der Waals surface area (Å²) in [5.74, 6) is 2.89. The largest absolute Gasteiger partial charge is 0.483 e. The molecular formula is C10H16ClOPS. The van der Waals surface area contributed by atoms with E-state index >= 15 is 0 Å². The van der Waals surface area contributed by atoms with Gasteiger partial charge in [0.15, 0.2) is 5.05 Å². The van der Waals surface area contributed by atoms with Crippen LogP contribution in [0.3, 0.4) is 0 Å². The molecule has 0 fully saturated rings. The molecule has 0 aliphatic rings. The summed E-state index contributed by atoms with van der Waals surface area (Å²) in [5.41, 5.74) is 0. The standard InChI is InChI=1S/C7H9OPS.C3H7Cl/c1-2-8-7(10)6-4-3-5-9-6;1-2-3-4/h3-5,9H,2H2,1H3;2-3H2,1H3. The first-order valence-corrected chi connectivity index (χ1v) is 6.64. The van der Waals surface area contributed by atoms with Crippen molar-refractivity contribution in [2.75, 3.05) is 12.5 Å². The molecule has 0 aliphatic heterocycles. The van der Waals surface area contributed by atoms with Crippen LogP contribution in [-0.2, 0) is 4.74 Å². The van der Waals surface area contributed by atoms with Crippen LogP contribution in [0.15, 0.2) is 17.9 Å². The third kappa shape index (κ3) is 6.42. The van der Waals surface area contributed by atoms with E-state index in [0.29, 0.717) is 19.9 Å². The molecule has 1 rings (SSSR count). The first-order valence-electron chi connectivity index (χ1n) is 4.62. The van der Waals surface area contributed by atoms with E-state index in [9.17, 15) is 0 Å². The Balaban J connectivity index is 0.000000364. The quantitative estimate of drug-likeness (QED) is 0.591. The van der Waals surface area contributed by atoms with Crippen molar-refractivity contribution in [3.8, 4) is 0 Å². The van der Waals surface area contributed by atoms with Crippen molar-refractivity contribution in [1.82, 2.24) is 0 Å². The van der Waals surface area contributed by atoms with Gasteiger partial charge in [-0.05, 0) is 37.4 Å². The molecule has 0 bridgehead atoms. The lowest BCUT2D eigenvalue weighted by Gasteiger charge is -2.00. The van der Waals surface area contributed by atoms with Gasteiger partial charge in [0.05, 0.1) is 6.61 Å². The summed E-state index contributed by atoms with van der Waals surface area (Å²) in [4.78, 5) is 0. The molecule has 1 heterocycles. The zero-order valence-electron chi connectivity index (χ0n) is 8.55. The van der Waals surface area contributed by atoms with Gasteiger partial charge in [-0.1, -0.05) is 13.0 Å². The summed E-state index contributed by atoms with van der Waals surface area (Å²) in [7, 11) is 0.704. The van der Waals surface area contributed by atoms with Gasteiger partial charge in [0.2, 0.25) is 0 Å². The summed E-state index contributed by atoms with van der Waals surface area (Å²) in [6, 6.07) is 4.02. The topological polar surface area (TPSA) is 9.23 Å². The molecular weight excluding hydrogens is 235 g/mol. The van der Waals surface area contributed by atoms with Crippen LogP contribution in [0, 0.1) is 0 Å². The second-order valence-electron chi connectivity index (χ2n) is 2.49. The van der Waals surface area contributed by atoms with Crippen molar-refractivity contribution in [3.05, 3.63) is 23.2 Å². The van der Waals surface area contributed by atoms with Gasteiger partial charge < -0.3 is 4.74 Å². The van der Waals surface area contributed by atoms with Crippen LogP contribution in [-0.4, -0.2) is 17.5 Å². The average Bonchev–Trinajstić information content (AvgIpc) is 2.71. The van der Waals surface area contributed by atoms with Crippen LogP contribution >= 0.6 is 32.0 Å². The molecule has 0 aliphatic carbocycles. The summed E-state index contributed by atoms with van der Waals surface area (Å²) in [5, 5.41) is 1.81. The Labute approximate surface area is 97.9 Å². The van der Waals surface area contributed by atoms with Crippen LogP contribution in [0.2, 0.25) is 0 Å². The first-order chi connectivity index (χ1) is 6.76. The predicted molar refractivity (Wildman–Crippen MR) is 70.3 cm³/mol. The lowest BCUT2D eigenvalue weighted by atomic mass is 10.5. The second kappa shape index (κ2) is 9.51. The molecule has 0 saturated carbocycles. The van der Waals surface area contributed by atoms with Gasteiger partial charge in [-0.3, -0.25) is 0 Å². The van der Waals surface area contributed by atoms with Crippen molar-refractivity contribution in [2.24, 2.45) is 0 Å². The zero-order valence-corrected chi connectivity index (χ0v) is 11.1. The zero-order chi connectivity index (χ0) is 10.8. The number of ether oxygens (including phenoxy) is 1. The van der Waals surface area contributed by atoms with Crippen LogP contribution in [0.25, 0.3) is 0 Å². The highest BCUT2D eigenvalue weighted by atomic mass is 35.5. The first kappa shape index (κ1) is 14.0. The highest BCUT2D eigenvalue weighted by Gasteiger charge is 1.98. The molecule has 1 aromatic heterocycles. The van der Waals surface area contributed by atoms with Crippen molar-refractivity contribution < 1.29 is 4.74 Å². The number of hydrogen-bond donors (Lipinski definition) is 0. The minimum Gasteiger partial charge on any atom is -0.483 e. The van der Waals surface area contributed by atoms with Crippen LogP contribution in [0.1, 0.15) is 25.6 Å². The van der Waals surface area contributed by atoms with E-state index in [1.54, 1.807) is 0 Å². The molecule has 0 aromatic carbocycles. The molecule has 0 amide bonds. The van der Waals surface area contributed by atoms with Gasteiger partial charge in [0.25, 0.3) is 0 Å². The van der Waals surface area contributed by atoms with Crippen LogP contribution < -0.4 is 0 Å². The second-order valence-corrected chi connectivity index (χ2v) is 4.40. The Hall–Kier alpha value is -0.0400. The predicted octanol–water partition coefficient (Wildman–Crippen LogP) is 4.07. The molecule has 0 radical (unpaired) electrons. The van der Waals surface area contributed by atoms with E-state index in [2.05, 4.69) is 5.80 Å². The van der Waals surface area contributed by atoms with Crippen molar-refractivity contribution in [1.29, 1.82) is 0 Å². The highest BCUT2D eigenvalue weighted by Crippen LogP contribution is 2.16. The normalized spacial score (nSPS) is 9.36. The van der Waals surface area contributed by atoms with Gasteiger partial charge in [-0.15, -0.1) is 19.8 Å². The Bertz CT molecular complexity index is 234. The maximum Gasteiger partial charge on any atom is 0.194 e. The third-order valence-electron chi connectivity index (χ3n) is 1.28. The molecule has 0 saturated heterocycles. The third-order valence-corrected chi connectivity index (χ3v) is 3.24. The van der Waals surface area contributed by atoms with E-state index < -0.39 is 0 Å². The Kier molecular flexibility index (Phi) is 9.49. The monoisotopic (exact) mass is 250 g/mol. The fourth-order valence-electron chi connectivity index (χ4n) is 0.666. The average molecular weight is 251 g/mol. The summed E-state index contributed by atoms with van der Waals surface area (Å²) in [6.45, 7) is 4.66. The number of rotatable bonds is 3. The smallest absolute Gasteiger partial charge is 0.194 e. The number of thiocarbonyl (C=S) groups is 1. The number of halogens is 1. The Morgan fingerprint density at radius 1 is 1.57 bits per heavy atom. The van der Waals surface area contributed by atoms with E-state index in [1.807, 2.05) is 26.0 Å². The number of hydrogen-bond acceptors (Lipinski definition) is 2. The van der Waals surface area contributed by atoms with E-state index in [0.717, 1.165) is 17.6 Å². The summed E-state index contributed by atoms with van der Waals surface area (Å²) >= 11 is 10.2. The Morgan fingerprint density at radius 2 is 2.21 bits per heavy atom.